The zero-order valence-electron chi connectivity index (χ0n) is 13.1. The summed E-state index contributed by atoms with van der Waals surface area (Å²) in [6.45, 7) is 10.3. The fraction of sp³-hybridized carbons (Fsp3) is 0.500. The number of carbonyl (C=O) groups excluding carboxylic acids is 1. The van der Waals surface area contributed by atoms with Crippen LogP contribution in [0.4, 0.5) is 0 Å². The highest BCUT2D eigenvalue weighted by molar-refractivity contribution is 5.81. The molecule has 0 saturated carbocycles. The number of rotatable bonds is 7. The van der Waals surface area contributed by atoms with E-state index in [1.165, 1.54) is 24.5 Å². The van der Waals surface area contributed by atoms with E-state index in [0.29, 0.717) is 12.5 Å². The Bertz CT molecular complexity index is 357. The second-order valence-corrected chi connectivity index (χ2v) is 4.91. The van der Waals surface area contributed by atoms with Gasteiger partial charge in [-0.05, 0) is 19.3 Å². The molecule has 2 heteroatoms. The molecule has 0 N–H and O–H groups in total. The Balaban J connectivity index is 0.000000428. The average molecular weight is 276 g/mol. The molecule has 0 fully saturated rings. The largest absolute Gasteiger partial charge is 0.462 e. The van der Waals surface area contributed by atoms with E-state index in [2.05, 4.69) is 39.5 Å². The minimum absolute atomic E-state index is 0.310. The molecule has 0 aliphatic carbocycles. The molecular weight excluding hydrogens is 248 g/mol. The molecule has 0 radical (unpaired) electrons. The van der Waals surface area contributed by atoms with E-state index >= 15 is 0 Å². The molecular formula is C18H28O2. The molecule has 0 heterocycles. The van der Waals surface area contributed by atoms with Crippen molar-refractivity contribution < 1.29 is 9.53 Å². The van der Waals surface area contributed by atoms with Gasteiger partial charge in [-0.15, -0.1) is 0 Å². The van der Waals surface area contributed by atoms with Crippen LogP contribution < -0.4 is 0 Å². The summed E-state index contributed by atoms with van der Waals surface area (Å²) in [5, 5.41) is 0. The molecule has 1 aromatic carbocycles. The van der Waals surface area contributed by atoms with E-state index in [-0.39, 0.29) is 5.97 Å². The van der Waals surface area contributed by atoms with Crippen LogP contribution in [0.3, 0.4) is 0 Å². The fourth-order valence-corrected chi connectivity index (χ4v) is 1.69. The Hall–Kier alpha value is -1.57. The lowest BCUT2D eigenvalue weighted by Crippen LogP contribution is -2.12. The van der Waals surface area contributed by atoms with Crippen molar-refractivity contribution in [1.82, 2.24) is 0 Å². The molecule has 0 aliphatic rings. The number of hydrogen-bond donors (Lipinski definition) is 0. The number of esters is 1. The Morgan fingerprint density at radius 1 is 1.30 bits per heavy atom. The number of benzene rings is 1. The summed E-state index contributed by atoms with van der Waals surface area (Å²) in [6, 6.07) is 10.3. The van der Waals surface area contributed by atoms with E-state index in [0.717, 1.165) is 12.8 Å². The molecule has 1 atom stereocenters. The monoisotopic (exact) mass is 276 g/mol. The number of ether oxygens (including phenoxy) is 1. The maximum atomic E-state index is 10.8. The van der Waals surface area contributed by atoms with Crippen LogP contribution in [0.15, 0.2) is 43.0 Å². The topological polar surface area (TPSA) is 26.3 Å². The van der Waals surface area contributed by atoms with Crippen molar-refractivity contribution in [3.8, 4) is 0 Å². The first-order chi connectivity index (χ1) is 9.63. The Labute approximate surface area is 123 Å². The first-order valence-corrected chi connectivity index (χ1v) is 7.44. The predicted octanol–water partition coefficient (Wildman–Crippen LogP) is 4.93. The second kappa shape index (κ2) is 12.5. The smallest absolute Gasteiger partial charge is 0.330 e. The number of hydrogen-bond acceptors (Lipinski definition) is 2. The molecule has 112 valence electrons. The maximum absolute atomic E-state index is 10.8. The zero-order valence-corrected chi connectivity index (χ0v) is 13.1. The van der Waals surface area contributed by atoms with Crippen LogP contribution in [0.2, 0.25) is 0 Å². The van der Waals surface area contributed by atoms with Gasteiger partial charge in [-0.25, -0.2) is 4.79 Å². The predicted molar refractivity (Wildman–Crippen MR) is 85.6 cm³/mol. The molecule has 0 aliphatic heterocycles. The number of carbonyl (C=O) groups is 1. The third kappa shape index (κ3) is 10.4. The van der Waals surface area contributed by atoms with Crippen LogP contribution in [-0.4, -0.2) is 12.6 Å². The van der Waals surface area contributed by atoms with Crippen LogP contribution in [-0.2, 0) is 9.53 Å². The lowest BCUT2D eigenvalue weighted by Gasteiger charge is -2.13. The van der Waals surface area contributed by atoms with Crippen molar-refractivity contribution in [1.29, 1.82) is 0 Å². The SMILES string of the molecule is C=CC(=O)OCC(CC)CCCC.Cc1ccccc1. The van der Waals surface area contributed by atoms with Crippen LogP contribution in [0.1, 0.15) is 45.1 Å². The Morgan fingerprint density at radius 3 is 2.35 bits per heavy atom. The second-order valence-electron chi connectivity index (χ2n) is 4.91. The summed E-state index contributed by atoms with van der Waals surface area (Å²) < 4.78 is 4.98. The minimum Gasteiger partial charge on any atom is -0.462 e. The minimum atomic E-state index is -0.310. The van der Waals surface area contributed by atoms with Crippen molar-refractivity contribution in [3.05, 3.63) is 48.6 Å². The Morgan fingerprint density at radius 2 is 1.95 bits per heavy atom. The van der Waals surface area contributed by atoms with Gasteiger partial charge in [-0.1, -0.05) is 75.6 Å². The van der Waals surface area contributed by atoms with Gasteiger partial charge in [0, 0.05) is 6.08 Å². The molecule has 20 heavy (non-hydrogen) atoms. The fourth-order valence-electron chi connectivity index (χ4n) is 1.69. The molecule has 0 spiro atoms. The molecule has 1 unspecified atom stereocenters. The number of unbranched alkanes of at least 4 members (excludes halogenated alkanes) is 1. The van der Waals surface area contributed by atoms with E-state index in [9.17, 15) is 4.79 Å². The van der Waals surface area contributed by atoms with Crippen LogP contribution >= 0.6 is 0 Å². The van der Waals surface area contributed by atoms with Crippen molar-refractivity contribution >= 4 is 5.97 Å². The summed E-state index contributed by atoms with van der Waals surface area (Å²) in [7, 11) is 0. The van der Waals surface area contributed by atoms with Gasteiger partial charge in [0.2, 0.25) is 0 Å². The van der Waals surface area contributed by atoms with Crippen molar-refractivity contribution in [3.63, 3.8) is 0 Å². The van der Waals surface area contributed by atoms with Crippen molar-refractivity contribution in [2.45, 2.75) is 46.5 Å². The molecule has 1 rings (SSSR count). The lowest BCUT2D eigenvalue weighted by atomic mass is 10.0. The molecule has 2 nitrogen and oxygen atoms in total. The van der Waals surface area contributed by atoms with E-state index in [1.807, 2.05) is 18.2 Å². The van der Waals surface area contributed by atoms with Gasteiger partial charge in [0.15, 0.2) is 0 Å². The van der Waals surface area contributed by atoms with Crippen LogP contribution in [0.5, 0.6) is 0 Å². The molecule has 0 amide bonds. The first-order valence-electron chi connectivity index (χ1n) is 7.44. The van der Waals surface area contributed by atoms with Crippen molar-refractivity contribution in [2.75, 3.05) is 6.61 Å². The quantitative estimate of drug-likeness (QED) is 0.521. The average Bonchev–Trinajstić information content (AvgIpc) is 2.48. The van der Waals surface area contributed by atoms with Gasteiger partial charge in [0.25, 0.3) is 0 Å². The van der Waals surface area contributed by atoms with Crippen LogP contribution in [0.25, 0.3) is 0 Å². The standard InChI is InChI=1S/C11H20O2.C7H8/c1-4-7-8-10(5-2)9-13-11(12)6-3;1-7-5-3-2-4-6-7/h6,10H,3-5,7-9H2,1-2H3;2-6H,1H3. The highest BCUT2D eigenvalue weighted by atomic mass is 16.5. The third-order valence-corrected chi connectivity index (χ3v) is 3.11. The first kappa shape index (κ1) is 18.4. The number of aryl methyl sites for hydroxylation is 1. The summed E-state index contributed by atoms with van der Waals surface area (Å²) >= 11 is 0. The van der Waals surface area contributed by atoms with Crippen molar-refractivity contribution in [2.24, 2.45) is 5.92 Å². The third-order valence-electron chi connectivity index (χ3n) is 3.11. The molecule has 1 aromatic rings. The normalized spacial score (nSPS) is 10.9. The van der Waals surface area contributed by atoms with Gasteiger partial charge in [0.1, 0.15) is 0 Å². The Kier molecular flexibility index (Phi) is 11.5. The summed E-state index contributed by atoms with van der Waals surface area (Å²) in [5.41, 5.74) is 1.32. The lowest BCUT2D eigenvalue weighted by molar-refractivity contribution is -0.139. The van der Waals surface area contributed by atoms with Gasteiger partial charge in [0.05, 0.1) is 6.61 Å². The van der Waals surface area contributed by atoms with E-state index in [1.54, 1.807) is 0 Å². The summed E-state index contributed by atoms with van der Waals surface area (Å²) in [6.07, 6.45) is 5.85. The van der Waals surface area contributed by atoms with E-state index < -0.39 is 0 Å². The highest BCUT2D eigenvalue weighted by Gasteiger charge is 2.07. The highest BCUT2D eigenvalue weighted by Crippen LogP contribution is 2.12. The van der Waals surface area contributed by atoms with Gasteiger partial charge in [-0.3, -0.25) is 0 Å². The van der Waals surface area contributed by atoms with Gasteiger partial charge >= 0.3 is 5.97 Å². The van der Waals surface area contributed by atoms with Crippen LogP contribution in [0, 0.1) is 12.8 Å². The molecule has 0 saturated heterocycles. The van der Waals surface area contributed by atoms with E-state index in [4.69, 9.17) is 4.74 Å². The zero-order chi connectivity index (χ0) is 15.2. The molecule has 0 aromatic heterocycles. The molecule has 0 bridgehead atoms. The summed E-state index contributed by atoms with van der Waals surface area (Å²) in [5.74, 6) is 0.207. The summed E-state index contributed by atoms with van der Waals surface area (Å²) in [4.78, 5) is 10.8. The van der Waals surface area contributed by atoms with Gasteiger partial charge < -0.3 is 4.74 Å². The van der Waals surface area contributed by atoms with Gasteiger partial charge in [-0.2, -0.15) is 0 Å². The maximum Gasteiger partial charge on any atom is 0.330 e.